The minimum Gasteiger partial charge on any atom is -0.312 e. The Labute approximate surface area is 197 Å². The standard InChI is InChI=1S/C20H16Cl3N5O2S/c21-12-5-3-11(4-6-12)18-26-27-19(31-18)25-17(29)16-2-1-9-28(16)20(30)24-13-7-8-14(22)15(23)10-13/h3-8,10,16H,1-2,9H2,(H,24,30)(H,25,27,29). The molecule has 0 radical (unpaired) electrons. The molecule has 1 fully saturated rings. The summed E-state index contributed by atoms with van der Waals surface area (Å²) in [6.07, 6.45) is 1.28. The van der Waals surface area contributed by atoms with E-state index < -0.39 is 6.04 Å². The van der Waals surface area contributed by atoms with E-state index in [1.165, 1.54) is 16.2 Å². The molecule has 11 heteroatoms. The summed E-state index contributed by atoms with van der Waals surface area (Å²) in [4.78, 5) is 27.0. The van der Waals surface area contributed by atoms with Gasteiger partial charge in [0.25, 0.3) is 0 Å². The summed E-state index contributed by atoms with van der Waals surface area (Å²) in [7, 11) is 0. The lowest BCUT2D eigenvalue weighted by Gasteiger charge is -2.23. The Bertz CT molecular complexity index is 1120. The molecule has 7 nitrogen and oxygen atoms in total. The number of rotatable bonds is 4. The first-order chi connectivity index (χ1) is 14.9. The van der Waals surface area contributed by atoms with Gasteiger partial charge in [0.05, 0.1) is 10.0 Å². The number of hydrogen-bond acceptors (Lipinski definition) is 5. The third-order valence-corrected chi connectivity index (χ3v) is 6.61. The molecule has 1 atom stereocenters. The molecule has 2 heterocycles. The lowest BCUT2D eigenvalue weighted by Crippen LogP contribution is -2.45. The quantitative estimate of drug-likeness (QED) is 0.478. The van der Waals surface area contributed by atoms with Crippen LogP contribution < -0.4 is 10.6 Å². The molecule has 4 rings (SSSR count). The first-order valence-electron chi connectivity index (χ1n) is 9.34. The summed E-state index contributed by atoms with van der Waals surface area (Å²) in [5, 5.41) is 16.1. The van der Waals surface area contributed by atoms with Crippen LogP contribution in [-0.4, -0.2) is 39.6 Å². The molecule has 0 aliphatic carbocycles. The number of likely N-dealkylation sites (tertiary alicyclic amines) is 1. The molecule has 1 aliphatic heterocycles. The zero-order chi connectivity index (χ0) is 22.0. The summed E-state index contributed by atoms with van der Waals surface area (Å²) in [6.45, 7) is 0.470. The van der Waals surface area contributed by atoms with Crippen LogP contribution in [0.4, 0.5) is 15.6 Å². The number of urea groups is 1. The van der Waals surface area contributed by atoms with Gasteiger partial charge in [-0.2, -0.15) is 0 Å². The SMILES string of the molecule is O=C(Nc1nnc(-c2ccc(Cl)cc2)s1)C1CCCN1C(=O)Nc1ccc(Cl)c(Cl)c1. The second-order valence-electron chi connectivity index (χ2n) is 6.82. The molecule has 1 aromatic heterocycles. The van der Waals surface area contributed by atoms with Crippen molar-refractivity contribution in [2.75, 3.05) is 17.2 Å². The Morgan fingerprint density at radius 1 is 1.00 bits per heavy atom. The van der Waals surface area contributed by atoms with Crippen molar-refractivity contribution >= 4 is 68.9 Å². The van der Waals surface area contributed by atoms with Gasteiger partial charge < -0.3 is 10.2 Å². The molecule has 1 aliphatic rings. The van der Waals surface area contributed by atoms with E-state index in [9.17, 15) is 9.59 Å². The zero-order valence-corrected chi connectivity index (χ0v) is 19.0. The number of carbonyl (C=O) groups is 2. The van der Waals surface area contributed by atoms with E-state index in [-0.39, 0.29) is 11.9 Å². The third-order valence-electron chi connectivity index (χ3n) is 4.73. The van der Waals surface area contributed by atoms with E-state index >= 15 is 0 Å². The molecule has 0 spiro atoms. The number of hydrogen-bond donors (Lipinski definition) is 2. The smallest absolute Gasteiger partial charge is 0.312 e. The number of aromatic nitrogens is 2. The summed E-state index contributed by atoms with van der Waals surface area (Å²) in [6, 6.07) is 11.0. The van der Waals surface area contributed by atoms with Crippen molar-refractivity contribution in [1.82, 2.24) is 15.1 Å². The fraction of sp³-hybridized carbons (Fsp3) is 0.200. The van der Waals surface area contributed by atoms with Crippen molar-refractivity contribution in [3.05, 3.63) is 57.5 Å². The van der Waals surface area contributed by atoms with Gasteiger partial charge in [0.2, 0.25) is 11.0 Å². The van der Waals surface area contributed by atoms with E-state index in [0.29, 0.717) is 43.9 Å². The minimum atomic E-state index is -0.606. The predicted octanol–water partition coefficient (Wildman–Crippen LogP) is 5.80. The van der Waals surface area contributed by atoms with Crippen molar-refractivity contribution in [2.45, 2.75) is 18.9 Å². The van der Waals surface area contributed by atoms with Gasteiger partial charge in [-0.3, -0.25) is 10.1 Å². The van der Waals surface area contributed by atoms with Crippen LogP contribution in [0.1, 0.15) is 12.8 Å². The monoisotopic (exact) mass is 495 g/mol. The minimum absolute atomic E-state index is 0.305. The van der Waals surface area contributed by atoms with Crippen molar-refractivity contribution in [1.29, 1.82) is 0 Å². The summed E-state index contributed by atoms with van der Waals surface area (Å²) in [5.74, 6) is -0.305. The first kappa shape index (κ1) is 21.8. The molecule has 2 N–H and O–H groups in total. The van der Waals surface area contributed by atoms with Gasteiger partial charge in [-0.15, -0.1) is 10.2 Å². The van der Waals surface area contributed by atoms with Crippen molar-refractivity contribution in [2.24, 2.45) is 0 Å². The highest BCUT2D eigenvalue weighted by molar-refractivity contribution is 7.18. The van der Waals surface area contributed by atoms with Crippen LogP contribution in [0, 0.1) is 0 Å². The highest BCUT2D eigenvalue weighted by Crippen LogP contribution is 2.29. The molecule has 0 bridgehead atoms. The number of halogens is 3. The van der Waals surface area contributed by atoms with Gasteiger partial charge in [-0.05, 0) is 43.2 Å². The van der Waals surface area contributed by atoms with Gasteiger partial charge >= 0.3 is 6.03 Å². The van der Waals surface area contributed by atoms with Gasteiger partial charge in [0.15, 0.2) is 0 Å². The molecule has 1 saturated heterocycles. The fourth-order valence-corrected chi connectivity index (χ4v) is 4.40. The van der Waals surface area contributed by atoms with E-state index in [0.717, 1.165) is 12.0 Å². The van der Waals surface area contributed by atoms with Crippen molar-refractivity contribution < 1.29 is 9.59 Å². The lowest BCUT2D eigenvalue weighted by molar-refractivity contribution is -0.119. The van der Waals surface area contributed by atoms with Crippen molar-refractivity contribution in [3.63, 3.8) is 0 Å². The zero-order valence-electron chi connectivity index (χ0n) is 15.9. The number of anilines is 2. The molecule has 0 saturated carbocycles. The van der Waals surface area contributed by atoms with E-state index in [2.05, 4.69) is 20.8 Å². The maximum Gasteiger partial charge on any atom is 0.322 e. The Kier molecular flexibility index (Phi) is 6.62. The Morgan fingerprint density at radius 3 is 2.52 bits per heavy atom. The summed E-state index contributed by atoms with van der Waals surface area (Å²) >= 11 is 19.1. The number of carbonyl (C=O) groups excluding carboxylic acids is 2. The first-order valence-corrected chi connectivity index (χ1v) is 11.3. The van der Waals surface area contributed by atoms with Gasteiger partial charge in [-0.1, -0.05) is 58.3 Å². The molecule has 3 aromatic rings. The number of nitrogens with one attached hydrogen (secondary N) is 2. The second-order valence-corrected chi connectivity index (χ2v) is 9.05. The van der Waals surface area contributed by atoms with Crippen LogP contribution in [-0.2, 0) is 4.79 Å². The Hall–Kier alpha value is -2.39. The third kappa shape index (κ3) is 5.10. The topological polar surface area (TPSA) is 87.2 Å². The Morgan fingerprint density at radius 2 is 1.77 bits per heavy atom. The number of amides is 3. The number of benzene rings is 2. The average Bonchev–Trinajstić information content (AvgIpc) is 3.41. The van der Waals surface area contributed by atoms with Gasteiger partial charge in [-0.25, -0.2) is 4.79 Å². The highest BCUT2D eigenvalue weighted by Gasteiger charge is 2.34. The predicted molar refractivity (Wildman–Crippen MR) is 124 cm³/mol. The van der Waals surface area contributed by atoms with Crippen LogP contribution >= 0.6 is 46.1 Å². The molecular weight excluding hydrogens is 481 g/mol. The largest absolute Gasteiger partial charge is 0.322 e. The molecule has 1 unspecified atom stereocenters. The average molecular weight is 497 g/mol. The Balaban J connectivity index is 1.41. The highest BCUT2D eigenvalue weighted by atomic mass is 35.5. The van der Waals surface area contributed by atoms with Gasteiger partial charge in [0, 0.05) is 22.8 Å². The molecular formula is C20H16Cl3N5O2S. The van der Waals surface area contributed by atoms with Crippen molar-refractivity contribution in [3.8, 4) is 10.6 Å². The van der Waals surface area contributed by atoms with Crippen LogP contribution in [0.5, 0.6) is 0 Å². The molecule has 31 heavy (non-hydrogen) atoms. The molecule has 160 valence electrons. The molecule has 3 amide bonds. The van der Waals surface area contributed by atoms with Crippen LogP contribution in [0.3, 0.4) is 0 Å². The summed E-state index contributed by atoms with van der Waals surface area (Å²) in [5.41, 5.74) is 1.35. The number of nitrogens with zero attached hydrogens (tertiary/aromatic N) is 3. The fourth-order valence-electron chi connectivity index (χ4n) is 3.22. The second kappa shape index (κ2) is 9.40. The van der Waals surface area contributed by atoms with Gasteiger partial charge in [0.1, 0.15) is 11.0 Å². The maximum atomic E-state index is 12.8. The van der Waals surface area contributed by atoms with E-state index in [1.807, 2.05) is 12.1 Å². The summed E-state index contributed by atoms with van der Waals surface area (Å²) < 4.78 is 0. The van der Waals surface area contributed by atoms with E-state index in [4.69, 9.17) is 34.8 Å². The van der Waals surface area contributed by atoms with Crippen LogP contribution in [0.15, 0.2) is 42.5 Å². The van der Waals surface area contributed by atoms with Crippen LogP contribution in [0.25, 0.3) is 10.6 Å². The normalized spacial score (nSPS) is 15.7. The molecule has 2 aromatic carbocycles. The lowest BCUT2D eigenvalue weighted by atomic mass is 10.2. The van der Waals surface area contributed by atoms with E-state index in [1.54, 1.807) is 30.3 Å². The maximum absolute atomic E-state index is 12.8. The van der Waals surface area contributed by atoms with Crippen LogP contribution in [0.2, 0.25) is 15.1 Å².